The van der Waals surface area contributed by atoms with Crippen LogP contribution >= 0.6 is 39.7 Å². The van der Waals surface area contributed by atoms with Crippen molar-refractivity contribution in [2.24, 2.45) is 0 Å². The highest BCUT2D eigenvalue weighted by atomic mass is 79.9. The third-order valence-corrected chi connectivity index (χ3v) is 3.03. The Bertz CT molecular complexity index is 493. The van der Waals surface area contributed by atoms with Crippen molar-refractivity contribution >= 4 is 56.4 Å². The van der Waals surface area contributed by atoms with Crippen molar-refractivity contribution in [2.75, 3.05) is 10.6 Å². The molecular weight excluding hydrogens is 334 g/mol. The molecule has 0 aliphatic rings. The summed E-state index contributed by atoms with van der Waals surface area (Å²) in [5.41, 5.74) is 0.907. The molecule has 18 heavy (non-hydrogen) atoms. The zero-order valence-corrected chi connectivity index (χ0v) is 12.3. The molecule has 2 aromatic rings. The average molecular weight is 343 g/mol. The van der Waals surface area contributed by atoms with Crippen molar-refractivity contribution in [1.82, 2.24) is 4.98 Å². The van der Waals surface area contributed by atoms with Crippen molar-refractivity contribution in [1.29, 1.82) is 0 Å². The lowest BCUT2D eigenvalue weighted by Crippen LogP contribution is -2.19. The van der Waals surface area contributed by atoms with Gasteiger partial charge in [0.05, 0.1) is 5.02 Å². The minimum absolute atomic E-state index is 0.479. The Kier molecular flexibility index (Phi) is 4.52. The van der Waals surface area contributed by atoms with Crippen molar-refractivity contribution in [3.05, 3.63) is 52.1 Å². The Morgan fingerprint density at radius 2 is 1.83 bits per heavy atom. The number of nitrogens with one attached hydrogen (secondary N) is 2. The summed E-state index contributed by atoms with van der Waals surface area (Å²) in [7, 11) is 0. The van der Waals surface area contributed by atoms with E-state index in [1.165, 1.54) is 0 Å². The first-order chi connectivity index (χ1) is 8.63. The largest absolute Gasteiger partial charge is 0.332 e. The zero-order chi connectivity index (χ0) is 13.0. The Labute approximate surface area is 124 Å². The van der Waals surface area contributed by atoms with Gasteiger partial charge in [-0.05, 0) is 48.6 Å². The van der Waals surface area contributed by atoms with Gasteiger partial charge in [-0.2, -0.15) is 0 Å². The van der Waals surface area contributed by atoms with Crippen molar-refractivity contribution in [3.63, 3.8) is 0 Å². The van der Waals surface area contributed by atoms with Crippen LogP contribution in [0.25, 0.3) is 0 Å². The van der Waals surface area contributed by atoms with Gasteiger partial charge >= 0.3 is 0 Å². The molecule has 0 saturated carbocycles. The van der Waals surface area contributed by atoms with E-state index in [1.54, 1.807) is 18.3 Å². The summed E-state index contributed by atoms with van der Waals surface area (Å²) in [6.45, 7) is 0. The van der Waals surface area contributed by atoms with Crippen LogP contribution in [0.3, 0.4) is 0 Å². The van der Waals surface area contributed by atoms with Crippen LogP contribution in [0.5, 0.6) is 0 Å². The second-order valence-corrected chi connectivity index (χ2v) is 5.21. The van der Waals surface area contributed by atoms with Crippen LogP contribution in [0, 0.1) is 0 Å². The third kappa shape index (κ3) is 3.94. The van der Waals surface area contributed by atoms with E-state index in [1.807, 2.05) is 24.3 Å². The number of halogens is 2. The van der Waals surface area contributed by atoms with Crippen LogP contribution in [-0.2, 0) is 0 Å². The van der Waals surface area contributed by atoms with Crippen LogP contribution in [0.15, 0.2) is 47.1 Å². The van der Waals surface area contributed by atoms with E-state index in [0.717, 1.165) is 10.2 Å². The standard InChI is InChI=1S/C12H9BrClN3S/c13-8-1-4-10(5-2-8)16-12(18)17-11-6-3-9(14)7-15-11/h1-7H,(H2,15,16,17,18). The number of nitrogens with zero attached hydrogens (tertiary/aromatic N) is 1. The molecule has 0 bridgehead atoms. The number of hydrogen-bond acceptors (Lipinski definition) is 2. The lowest BCUT2D eigenvalue weighted by atomic mass is 10.3. The molecule has 0 fully saturated rings. The molecule has 2 N–H and O–H groups in total. The molecule has 0 spiro atoms. The van der Waals surface area contributed by atoms with E-state index >= 15 is 0 Å². The molecule has 0 saturated heterocycles. The zero-order valence-electron chi connectivity index (χ0n) is 9.15. The number of benzene rings is 1. The summed E-state index contributed by atoms with van der Waals surface area (Å²) in [6.07, 6.45) is 1.56. The van der Waals surface area contributed by atoms with Gasteiger partial charge in [0.1, 0.15) is 5.82 Å². The molecule has 0 amide bonds. The van der Waals surface area contributed by atoms with E-state index in [4.69, 9.17) is 23.8 Å². The van der Waals surface area contributed by atoms with Gasteiger partial charge in [0, 0.05) is 16.4 Å². The smallest absolute Gasteiger partial charge is 0.176 e. The second kappa shape index (κ2) is 6.13. The van der Waals surface area contributed by atoms with Crippen molar-refractivity contribution < 1.29 is 0 Å². The Morgan fingerprint density at radius 1 is 1.11 bits per heavy atom. The van der Waals surface area contributed by atoms with E-state index in [9.17, 15) is 0 Å². The predicted octanol–water partition coefficient (Wildman–Crippen LogP) is 4.31. The molecular formula is C12H9BrClN3S. The van der Waals surface area contributed by atoms with Gasteiger partial charge in [-0.1, -0.05) is 27.5 Å². The number of rotatable bonds is 2. The molecule has 92 valence electrons. The summed E-state index contributed by atoms with van der Waals surface area (Å²) in [5, 5.41) is 7.10. The Hall–Kier alpha value is -1.17. The molecule has 1 heterocycles. The van der Waals surface area contributed by atoms with Crippen molar-refractivity contribution in [2.45, 2.75) is 0 Å². The fourth-order valence-electron chi connectivity index (χ4n) is 1.26. The fraction of sp³-hybridized carbons (Fsp3) is 0. The van der Waals surface area contributed by atoms with E-state index < -0.39 is 0 Å². The summed E-state index contributed by atoms with van der Waals surface area (Å²) in [6, 6.07) is 11.2. The highest BCUT2D eigenvalue weighted by molar-refractivity contribution is 9.10. The second-order valence-electron chi connectivity index (χ2n) is 3.45. The van der Waals surface area contributed by atoms with Crippen LogP contribution in [-0.4, -0.2) is 10.1 Å². The van der Waals surface area contributed by atoms with Crippen LogP contribution < -0.4 is 10.6 Å². The fourth-order valence-corrected chi connectivity index (χ4v) is 1.86. The maximum Gasteiger partial charge on any atom is 0.176 e. The molecule has 1 aromatic carbocycles. The van der Waals surface area contributed by atoms with Gasteiger partial charge < -0.3 is 10.6 Å². The summed E-state index contributed by atoms with van der Waals surface area (Å²) >= 11 is 14.3. The lowest BCUT2D eigenvalue weighted by Gasteiger charge is -2.09. The summed E-state index contributed by atoms with van der Waals surface area (Å²) in [4.78, 5) is 4.10. The molecule has 0 aliphatic carbocycles. The van der Waals surface area contributed by atoms with Gasteiger partial charge in [-0.15, -0.1) is 0 Å². The Morgan fingerprint density at radius 3 is 2.44 bits per heavy atom. The normalized spacial score (nSPS) is 9.89. The first-order valence-electron chi connectivity index (χ1n) is 5.08. The molecule has 1 aromatic heterocycles. The Balaban J connectivity index is 1.96. The molecule has 2 rings (SSSR count). The highest BCUT2D eigenvalue weighted by Gasteiger charge is 1.99. The van der Waals surface area contributed by atoms with E-state index in [0.29, 0.717) is 16.0 Å². The summed E-state index contributed by atoms with van der Waals surface area (Å²) < 4.78 is 1.02. The number of hydrogen-bond donors (Lipinski definition) is 2. The monoisotopic (exact) mass is 341 g/mol. The molecule has 0 atom stereocenters. The van der Waals surface area contributed by atoms with Gasteiger partial charge in [0.2, 0.25) is 0 Å². The highest BCUT2D eigenvalue weighted by Crippen LogP contribution is 2.15. The van der Waals surface area contributed by atoms with E-state index in [2.05, 4.69) is 31.5 Å². The van der Waals surface area contributed by atoms with E-state index in [-0.39, 0.29) is 0 Å². The topological polar surface area (TPSA) is 37.0 Å². The molecule has 6 heteroatoms. The van der Waals surface area contributed by atoms with Gasteiger partial charge in [0.25, 0.3) is 0 Å². The molecule has 0 unspecified atom stereocenters. The van der Waals surface area contributed by atoms with Crippen LogP contribution in [0.1, 0.15) is 0 Å². The number of anilines is 2. The molecule has 0 radical (unpaired) electrons. The predicted molar refractivity (Wildman–Crippen MR) is 83.2 cm³/mol. The van der Waals surface area contributed by atoms with Crippen molar-refractivity contribution in [3.8, 4) is 0 Å². The van der Waals surface area contributed by atoms with Gasteiger partial charge in [0.15, 0.2) is 5.11 Å². The molecule has 3 nitrogen and oxygen atoms in total. The number of thiocarbonyl (C=S) groups is 1. The van der Waals surface area contributed by atoms with Gasteiger partial charge in [-0.3, -0.25) is 0 Å². The average Bonchev–Trinajstić information content (AvgIpc) is 2.35. The SMILES string of the molecule is S=C(Nc1ccc(Br)cc1)Nc1ccc(Cl)cn1. The first kappa shape index (κ1) is 13.3. The maximum atomic E-state index is 5.75. The molecule has 0 aliphatic heterocycles. The maximum absolute atomic E-state index is 5.75. The van der Waals surface area contributed by atoms with Crippen LogP contribution in [0.2, 0.25) is 5.02 Å². The lowest BCUT2D eigenvalue weighted by molar-refractivity contribution is 1.32. The number of aromatic nitrogens is 1. The quantitative estimate of drug-likeness (QED) is 0.798. The van der Waals surface area contributed by atoms with Gasteiger partial charge in [-0.25, -0.2) is 4.98 Å². The minimum Gasteiger partial charge on any atom is -0.332 e. The first-order valence-corrected chi connectivity index (χ1v) is 6.66. The third-order valence-electron chi connectivity index (χ3n) is 2.07. The minimum atomic E-state index is 0.479. The summed E-state index contributed by atoms with van der Waals surface area (Å²) in [5.74, 6) is 0.647. The number of pyridine rings is 1. The van der Waals surface area contributed by atoms with Crippen LogP contribution in [0.4, 0.5) is 11.5 Å².